The SMILES string of the molecule is C[C@H](OC(=O)c1ccc(S(C)(=O)=O)cc1)C(=O)N1CC(=O)Nc2ccccc21. The van der Waals surface area contributed by atoms with Crippen LogP contribution in [0, 0.1) is 0 Å². The second-order valence-corrected chi connectivity index (χ2v) is 8.35. The Kier molecular flexibility index (Phi) is 5.19. The second kappa shape index (κ2) is 7.43. The lowest BCUT2D eigenvalue weighted by atomic mass is 10.1. The predicted molar refractivity (Wildman–Crippen MR) is 102 cm³/mol. The number of hydrogen-bond donors (Lipinski definition) is 1. The first-order valence-electron chi connectivity index (χ1n) is 8.38. The van der Waals surface area contributed by atoms with E-state index in [-0.39, 0.29) is 22.9 Å². The molecule has 0 bridgehead atoms. The molecule has 2 amide bonds. The van der Waals surface area contributed by atoms with Crippen LogP contribution < -0.4 is 10.2 Å². The number of carbonyl (C=O) groups is 3. The van der Waals surface area contributed by atoms with Crippen molar-refractivity contribution in [2.45, 2.75) is 17.9 Å². The van der Waals surface area contributed by atoms with Crippen molar-refractivity contribution >= 4 is 39.0 Å². The van der Waals surface area contributed by atoms with Gasteiger partial charge in [-0.05, 0) is 43.3 Å². The maximum Gasteiger partial charge on any atom is 0.338 e. The van der Waals surface area contributed by atoms with Crippen LogP contribution in [-0.4, -0.2) is 45.1 Å². The Balaban J connectivity index is 1.74. The minimum atomic E-state index is -3.38. The minimum absolute atomic E-state index is 0.0733. The first kappa shape index (κ1) is 19.6. The average Bonchev–Trinajstić information content (AvgIpc) is 2.66. The van der Waals surface area contributed by atoms with E-state index in [1.807, 2.05) is 0 Å². The molecule has 28 heavy (non-hydrogen) atoms. The number of amides is 2. The number of sulfone groups is 1. The molecular formula is C19H18N2O6S. The predicted octanol–water partition coefficient (Wildman–Crippen LogP) is 1.62. The van der Waals surface area contributed by atoms with E-state index in [4.69, 9.17) is 4.74 Å². The standard InChI is InChI=1S/C19H18N2O6S/c1-12(27-19(24)13-7-9-14(10-8-13)28(2,25)26)18(23)21-11-17(22)20-15-5-3-4-6-16(15)21/h3-10,12H,11H2,1-2H3,(H,20,22)/t12-/m0/s1. The molecule has 2 aromatic rings. The van der Waals surface area contributed by atoms with Gasteiger partial charge in [0.25, 0.3) is 5.91 Å². The molecule has 1 heterocycles. The normalized spacial score (nSPS) is 14.6. The molecule has 0 fully saturated rings. The van der Waals surface area contributed by atoms with Crippen molar-refractivity contribution in [2.24, 2.45) is 0 Å². The summed E-state index contributed by atoms with van der Waals surface area (Å²) in [6.07, 6.45) is -0.0748. The fraction of sp³-hybridized carbons (Fsp3) is 0.211. The second-order valence-electron chi connectivity index (χ2n) is 6.33. The molecule has 0 saturated carbocycles. The Bertz CT molecular complexity index is 1050. The molecule has 0 radical (unpaired) electrons. The Hall–Kier alpha value is -3.20. The van der Waals surface area contributed by atoms with E-state index in [0.717, 1.165) is 6.26 Å². The average molecular weight is 402 g/mol. The molecule has 146 valence electrons. The van der Waals surface area contributed by atoms with Crippen LogP contribution >= 0.6 is 0 Å². The summed E-state index contributed by atoms with van der Waals surface area (Å²) in [5, 5.41) is 2.68. The number of ether oxygens (including phenoxy) is 1. The number of para-hydroxylation sites is 2. The molecule has 2 aromatic carbocycles. The molecule has 1 aliphatic rings. The molecule has 0 saturated heterocycles. The molecule has 3 rings (SSSR count). The van der Waals surface area contributed by atoms with Gasteiger partial charge in [0.1, 0.15) is 6.54 Å². The molecule has 1 atom stereocenters. The number of rotatable bonds is 4. The van der Waals surface area contributed by atoms with E-state index >= 15 is 0 Å². The molecule has 1 N–H and O–H groups in total. The topological polar surface area (TPSA) is 110 Å². The number of carbonyl (C=O) groups excluding carboxylic acids is 3. The van der Waals surface area contributed by atoms with E-state index in [2.05, 4.69) is 5.32 Å². The van der Waals surface area contributed by atoms with Gasteiger partial charge in [-0.3, -0.25) is 14.5 Å². The largest absolute Gasteiger partial charge is 0.449 e. The summed E-state index contributed by atoms with van der Waals surface area (Å²) in [5.41, 5.74) is 1.14. The Morgan fingerprint density at radius 1 is 1.11 bits per heavy atom. The van der Waals surface area contributed by atoms with Crippen molar-refractivity contribution in [2.75, 3.05) is 23.0 Å². The number of nitrogens with one attached hydrogen (secondary N) is 1. The third-order valence-electron chi connectivity index (χ3n) is 4.19. The summed E-state index contributed by atoms with van der Waals surface area (Å²) < 4.78 is 28.2. The van der Waals surface area contributed by atoms with Gasteiger partial charge in [0.15, 0.2) is 15.9 Å². The third-order valence-corrected chi connectivity index (χ3v) is 5.31. The van der Waals surface area contributed by atoms with Crippen LogP contribution in [-0.2, 0) is 24.2 Å². The highest BCUT2D eigenvalue weighted by Gasteiger charge is 2.31. The Labute approximate surface area is 162 Å². The monoisotopic (exact) mass is 402 g/mol. The zero-order chi connectivity index (χ0) is 20.5. The zero-order valence-electron chi connectivity index (χ0n) is 15.2. The summed E-state index contributed by atoms with van der Waals surface area (Å²) in [6.45, 7) is 1.24. The Morgan fingerprint density at radius 2 is 1.75 bits per heavy atom. The van der Waals surface area contributed by atoms with Gasteiger partial charge in [0.05, 0.1) is 21.8 Å². The number of hydrogen-bond acceptors (Lipinski definition) is 6. The van der Waals surface area contributed by atoms with Crippen LogP contribution in [0.4, 0.5) is 11.4 Å². The van der Waals surface area contributed by atoms with Gasteiger partial charge in [-0.15, -0.1) is 0 Å². The zero-order valence-corrected chi connectivity index (χ0v) is 16.0. The highest BCUT2D eigenvalue weighted by Crippen LogP contribution is 2.29. The summed E-state index contributed by atoms with van der Waals surface area (Å²) in [5.74, 6) is -1.65. The molecule has 0 aromatic heterocycles. The van der Waals surface area contributed by atoms with Gasteiger partial charge in [-0.1, -0.05) is 12.1 Å². The maximum absolute atomic E-state index is 12.7. The highest BCUT2D eigenvalue weighted by atomic mass is 32.2. The van der Waals surface area contributed by atoms with Crippen LogP contribution in [0.25, 0.3) is 0 Å². The van der Waals surface area contributed by atoms with E-state index < -0.39 is 27.8 Å². The van der Waals surface area contributed by atoms with Gasteiger partial charge < -0.3 is 10.1 Å². The lowest BCUT2D eigenvalue weighted by Crippen LogP contribution is -2.47. The number of fused-ring (bicyclic) bond motifs is 1. The minimum Gasteiger partial charge on any atom is -0.449 e. The lowest BCUT2D eigenvalue weighted by Gasteiger charge is -2.30. The smallest absolute Gasteiger partial charge is 0.338 e. The first-order valence-corrected chi connectivity index (χ1v) is 10.3. The van der Waals surface area contributed by atoms with Crippen molar-refractivity contribution in [1.29, 1.82) is 0 Å². The van der Waals surface area contributed by atoms with Crippen molar-refractivity contribution in [3.63, 3.8) is 0 Å². The summed E-state index contributed by atoms with van der Waals surface area (Å²) >= 11 is 0. The highest BCUT2D eigenvalue weighted by molar-refractivity contribution is 7.90. The maximum atomic E-state index is 12.7. The van der Waals surface area contributed by atoms with Gasteiger partial charge >= 0.3 is 5.97 Å². The molecule has 0 spiro atoms. The van der Waals surface area contributed by atoms with Crippen molar-refractivity contribution < 1.29 is 27.5 Å². The third kappa shape index (κ3) is 4.04. The number of nitrogens with zero attached hydrogens (tertiary/aromatic N) is 1. The molecule has 1 aliphatic heterocycles. The molecule has 0 unspecified atom stereocenters. The number of esters is 1. The van der Waals surface area contributed by atoms with Crippen molar-refractivity contribution in [1.82, 2.24) is 0 Å². The van der Waals surface area contributed by atoms with Gasteiger partial charge in [-0.25, -0.2) is 13.2 Å². The van der Waals surface area contributed by atoms with Crippen molar-refractivity contribution in [3.8, 4) is 0 Å². The van der Waals surface area contributed by atoms with Crippen LogP contribution in [0.1, 0.15) is 17.3 Å². The fourth-order valence-corrected chi connectivity index (χ4v) is 3.40. The van der Waals surface area contributed by atoms with E-state index in [9.17, 15) is 22.8 Å². The number of benzene rings is 2. The van der Waals surface area contributed by atoms with Crippen LogP contribution in [0.5, 0.6) is 0 Å². The fourth-order valence-electron chi connectivity index (χ4n) is 2.77. The quantitative estimate of drug-likeness (QED) is 0.779. The summed E-state index contributed by atoms with van der Waals surface area (Å²) in [4.78, 5) is 38.2. The van der Waals surface area contributed by atoms with Gasteiger partial charge in [0, 0.05) is 6.26 Å². The molecule has 0 aliphatic carbocycles. The van der Waals surface area contributed by atoms with Crippen molar-refractivity contribution in [3.05, 3.63) is 54.1 Å². The van der Waals surface area contributed by atoms with E-state index in [0.29, 0.717) is 11.4 Å². The summed E-state index contributed by atoms with van der Waals surface area (Å²) in [6, 6.07) is 12.1. The lowest BCUT2D eigenvalue weighted by molar-refractivity contribution is -0.128. The first-order chi connectivity index (χ1) is 13.2. The van der Waals surface area contributed by atoms with E-state index in [1.165, 1.54) is 36.1 Å². The molecular weight excluding hydrogens is 384 g/mol. The summed E-state index contributed by atoms with van der Waals surface area (Å²) in [7, 11) is -3.38. The van der Waals surface area contributed by atoms with Crippen LogP contribution in [0.3, 0.4) is 0 Å². The Morgan fingerprint density at radius 3 is 2.39 bits per heavy atom. The van der Waals surface area contributed by atoms with Crippen LogP contribution in [0.2, 0.25) is 0 Å². The molecule has 8 nitrogen and oxygen atoms in total. The van der Waals surface area contributed by atoms with Gasteiger partial charge in [-0.2, -0.15) is 0 Å². The van der Waals surface area contributed by atoms with Gasteiger partial charge in [0.2, 0.25) is 5.91 Å². The van der Waals surface area contributed by atoms with Crippen LogP contribution in [0.15, 0.2) is 53.4 Å². The molecule has 9 heteroatoms. The number of anilines is 2. The van der Waals surface area contributed by atoms with E-state index in [1.54, 1.807) is 24.3 Å².